The molecular weight excluding hydrogens is 334 g/mol. The Hall–Kier alpha value is -2.70. The number of nitrogens with zero attached hydrogens (tertiary/aromatic N) is 2. The van der Waals surface area contributed by atoms with Gasteiger partial charge in [-0.05, 0) is 43.2 Å². The third kappa shape index (κ3) is 3.87. The van der Waals surface area contributed by atoms with Crippen LogP contribution in [0.2, 0.25) is 0 Å². The first kappa shape index (κ1) is 17.1. The maximum Gasteiger partial charge on any atom is 0.389 e. The van der Waals surface area contributed by atoms with Gasteiger partial charge < -0.3 is 5.73 Å². The summed E-state index contributed by atoms with van der Waals surface area (Å²) in [6, 6.07) is 9.53. The average Bonchev–Trinajstić information content (AvgIpc) is 2.55. The molecule has 0 saturated carbocycles. The van der Waals surface area contributed by atoms with Crippen LogP contribution >= 0.6 is 0 Å². The Morgan fingerprint density at radius 3 is 2.60 bits per heavy atom. The molecule has 7 heteroatoms. The summed E-state index contributed by atoms with van der Waals surface area (Å²) in [5.41, 5.74) is 7.09. The summed E-state index contributed by atoms with van der Waals surface area (Å²) in [6.45, 7) is 0. The number of hydrogen-bond donors (Lipinski definition) is 1. The van der Waals surface area contributed by atoms with Crippen molar-refractivity contribution < 1.29 is 17.6 Å². The van der Waals surface area contributed by atoms with Gasteiger partial charge in [0, 0.05) is 29.1 Å². The van der Waals surface area contributed by atoms with Crippen LogP contribution in [0.1, 0.15) is 18.5 Å². The van der Waals surface area contributed by atoms with Crippen LogP contribution in [0.25, 0.3) is 22.0 Å². The second kappa shape index (κ2) is 6.66. The molecule has 0 aliphatic heterocycles. The SMILES string of the molecule is Nc1ccc(-c2c(F)ccc3cccnc23)c(CCCC(F)(F)F)n1. The normalized spacial score (nSPS) is 11.8. The Balaban J connectivity index is 2.07. The number of hydrogen-bond acceptors (Lipinski definition) is 3. The van der Waals surface area contributed by atoms with E-state index in [2.05, 4.69) is 9.97 Å². The van der Waals surface area contributed by atoms with Crippen LogP contribution in [0, 0.1) is 5.82 Å². The Morgan fingerprint density at radius 2 is 1.84 bits per heavy atom. The number of nitrogen functional groups attached to an aromatic ring is 1. The minimum atomic E-state index is -4.24. The second-order valence-electron chi connectivity index (χ2n) is 5.70. The molecule has 0 amide bonds. The van der Waals surface area contributed by atoms with Crippen molar-refractivity contribution >= 4 is 16.7 Å². The fourth-order valence-corrected chi connectivity index (χ4v) is 2.77. The van der Waals surface area contributed by atoms with Crippen molar-refractivity contribution in [3.05, 3.63) is 54.1 Å². The molecule has 0 fully saturated rings. The lowest BCUT2D eigenvalue weighted by Crippen LogP contribution is -2.08. The van der Waals surface area contributed by atoms with E-state index in [9.17, 15) is 17.6 Å². The molecule has 0 bridgehead atoms. The summed E-state index contributed by atoms with van der Waals surface area (Å²) in [4.78, 5) is 8.36. The van der Waals surface area contributed by atoms with E-state index >= 15 is 0 Å². The van der Waals surface area contributed by atoms with Crippen molar-refractivity contribution in [1.29, 1.82) is 0 Å². The number of rotatable bonds is 4. The maximum atomic E-state index is 14.5. The van der Waals surface area contributed by atoms with Crippen LogP contribution < -0.4 is 5.73 Å². The summed E-state index contributed by atoms with van der Waals surface area (Å²) in [6.07, 6.45) is -3.74. The van der Waals surface area contributed by atoms with Gasteiger partial charge in [0.2, 0.25) is 0 Å². The summed E-state index contributed by atoms with van der Waals surface area (Å²) in [5, 5.41) is 0.733. The number of nitrogens with two attached hydrogens (primary N) is 1. The maximum absolute atomic E-state index is 14.5. The number of benzene rings is 1. The molecule has 3 rings (SSSR count). The molecule has 0 saturated heterocycles. The topological polar surface area (TPSA) is 51.8 Å². The number of alkyl halides is 3. The smallest absolute Gasteiger partial charge is 0.384 e. The standard InChI is InChI=1S/C18H15F4N3/c19-13-7-5-11-3-2-10-24-17(11)16(13)12-6-8-15(23)25-14(12)4-1-9-18(20,21)22/h2-3,5-8,10H,1,4,9H2,(H2,23,25). The van der Waals surface area contributed by atoms with E-state index in [1.54, 1.807) is 30.5 Å². The number of aryl methyl sites for hydroxylation is 1. The lowest BCUT2D eigenvalue weighted by atomic mass is 9.97. The number of halogens is 4. The lowest BCUT2D eigenvalue weighted by molar-refractivity contribution is -0.135. The van der Waals surface area contributed by atoms with Crippen LogP contribution in [-0.4, -0.2) is 16.1 Å². The summed E-state index contributed by atoms with van der Waals surface area (Å²) < 4.78 is 51.8. The highest BCUT2D eigenvalue weighted by atomic mass is 19.4. The van der Waals surface area contributed by atoms with Gasteiger partial charge in [-0.15, -0.1) is 0 Å². The summed E-state index contributed by atoms with van der Waals surface area (Å²) >= 11 is 0. The third-order valence-electron chi connectivity index (χ3n) is 3.86. The zero-order valence-corrected chi connectivity index (χ0v) is 13.1. The van der Waals surface area contributed by atoms with Crippen LogP contribution in [0.3, 0.4) is 0 Å². The first-order valence-electron chi connectivity index (χ1n) is 7.71. The molecule has 0 atom stereocenters. The zero-order chi connectivity index (χ0) is 18.0. The van der Waals surface area contributed by atoms with E-state index in [0.29, 0.717) is 16.8 Å². The van der Waals surface area contributed by atoms with Gasteiger partial charge >= 0.3 is 6.18 Å². The van der Waals surface area contributed by atoms with Crippen molar-refractivity contribution in [2.24, 2.45) is 0 Å². The van der Waals surface area contributed by atoms with Crippen molar-refractivity contribution in [2.45, 2.75) is 25.4 Å². The van der Waals surface area contributed by atoms with Crippen LogP contribution in [0.4, 0.5) is 23.4 Å². The van der Waals surface area contributed by atoms with E-state index in [1.807, 2.05) is 0 Å². The van der Waals surface area contributed by atoms with Crippen LogP contribution in [0.5, 0.6) is 0 Å². The number of fused-ring (bicyclic) bond motifs is 1. The monoisotopic (exact) mass is 349 g/mol. The molecule has 1 aromatic carbocycles. The molecule has 2 heterocycles. The van der Waals surface area contributed by atoms with Crippen molar-refractivity contribution in [3.8, 4) is 11.1 Å². The van der Waals surface area contributed by atoms with E-state index in [-0.39, 0.29) is 24.2 Å². The molecular formula is C18H15F4N3. The quantitative estimate of drug-likeness (QED) is 0.682. The van der Waals surface area contributed by atoms with Gasteiger partial charge in [0.1, 0.15) is 11.6 Å². The Morgan fingerprint density at radius 1 is 1.04 bits per heavy atom. The molecule has 0 aliphatic rings. The largest absolute Gasteiger partial charge is 0.389 e. The van der Waals surface area contributed by atoms with Crippen molar-refractivity contribution in [2.75, 3.05) is 5.73 Å². The van der Waals surface area contributed by atoms with Crippen molar-refractivity contribution in [1.82, 2.24) is 9.97 Å². The zero-order valence-electron chi connectivity index (χ0n) is 13.1. The van der Waals surface area contributed by atoms with E-state index < -0.39 is 18.4 Å². The number of pyridine rings is 2. The Labute approximate surface area is 141 Å². The predicted molar refractivity (Wildman–Crippen MR) is 88.3 cm³/mol. The highest BCUT2D eigenvalue weighted by molar-refractivity contribution is 5.94. The first-order chi connectivity index (χ1) is 11.8. The first-order valence-corrected chi connectivity index (χ1v) is 7.71. The van der Waals surface area contributed by atoms with E-state index in [4.69, 9.17) is 5.73 Å². The highest BCUT2D eigenvalue weighted by Crippen LogP contribution is 2.33. The number of aromatic nitrogens is 2. The molecule has 2 aromatic heterocycles. The minimum absolute atomic E-state index is 0.0442. The van der Waals surface area contributed by atoms with Gasteiger partial charge in [0.05, 0.1) is 11.2 Å². The lowest BCUT2D eigenvalue weighted by Gasteiger charge is -2.13. The predicted octanol–water partition coefficient (Wildman–Crippen LogP) is 4.90. The minimum Gasteiger partial charge on any atom is -0.384 e. The van der Waals surface area contributed by atoms with Crippen LogP contribution in [-0.2, 0) is 6.42 Å². The molecule has 2 N–H and O–H groups in total. The molecule has 0 aliphatic carbocycles. The Kier molecular flexibility index (Phi) is 4.57. The van der Waals surface area contributed by atoms with Gasteiger partial charge in [-0.1, -0.05) is 6.07 Å². The van der Waals surface area contributed by atoms with E-state index in [0.717, 1.165) is 5.39 Å². The van der Waals surface area contributed by atoms with Gasteiger partial charge in [-0.2, -0.15) is 13.2 Å². The molecule has 0 unspecified atom stereocenters. The molecule has 0 spiro atoms. The van der Waals surface area contributed by atoms with E-state index in [1.165, 1.54) is 12.1 Å². The molecule has 130 valence electrons. The third-order valence-corrected chi connectivity index (χ3v) is 3.86. The number of anilines is 1. The molecule has 0 radical (unpaired) electrons. The van der Waals surface area contributed by atoms with Gasteiger partial charge in [-0.3, -0.25) is 4.98 Å². The fraction of sp³-hybridized carbons (Fsp3) is 0.222. The molecule has 3 aromatic rings. The van der Waals surface area contributed by atoms with Crippen molar-refractivity contribution in [3.63, 3.8) is 0 Å². The average molecular weight is 349 g/mol. The molecule has 3 nitrogen and oxygen atoms in total. The molecule has 25 heavy (non-hydrogen) atoms. The highest BCUT2D eigenvalue weighted by Gasteiger charge is 2.26. The van der Waals surface area contributed by atoms with Gasteiger partial charge in [0.25, 0.3) is 0 Å². The summed E-state index contributed by atoms with van der Waals surface area (Å²) in [5.74, 6) is -0.325. The fourth-order valence-electron chi connectivity index (χ4n) is 2.77. The van der Waals surface area contributed by atoms with Gasteiger partial charge in [-0.25, -0.2) is 9.37 Å². The second-order valence-corrected chi connectivity index (χ2v) is 5.70. The Bertz CT molecular complexity index is 906. The van der Waals surface area contributed by atoms with Crippen LogP contribution in [0.15, 0.2) is 42.6 Å². The van der Waals surface area contributed by atoms with Gasteiger partial charge in [0.15, 0.2) is 0 Å². The summed E-state index contributed by atoms with van der Waals surface area (Å²) in [7, 11) is 0.